The van der Waals surface area contributed by atoms with E-state index in [0.717, 1.165) is 44.6 Å². The lowest BCUT2D eigenvalue weighted by molar-refractivity contribution is -0.141. The summed E-state index contributed by atoms with van der Waals surface area (Å²) in [6.45, 7) is 7.63. The summed E-state index contributed by atoms with van der Waals surface area (Å²) in [5.74, 6) is 1.32. The first kappa shape index (κ1) is 22.5. The van der Waals surface area contributed by atoms with E-state index in [1.54, 1.807) is 6.20 Å². The summed E-state index contributed by atoms with van der Waals surface area (Å²) >= 11 is 0. The molecule has 0 aromatic carbocycles. The lowest BCUT2D eigenvalue weighted by Crippen LogP contribution is -2.48. The number of rotatable bonds is 7. The van der Waals surface area contributed by atoms with E-state index in [0.29, 0.717) is 25.7 Å². The fourth-order valence-corrected chi connectivity index (χ4v) is 4.45. The van der Waals surface area contributed by atoms with Crippen LogP contribution in [-0.2, 0) is 9.59 Å². The zero-order valence-electron chi connectivity index (χ0n) is 18.8. The largest absolute Gasteiger partial charge is 0.351 e. The van der Waals surface area contributed by atoms with Crippen molar-refractivity contribution in [3.05, 3.63) is 18.3 Å². The highest BCUT2D eigenvalue weighted by molar-refractivity contribution is 5.81. The van der Waals surface area contributed by atoms with Gasteiger partial charge in [0.05, 0.1) is 6.54 Å². The lowest BCUT2D eigenvalue weighted by atomic mass is 9.95. The van der Waals surface area contributed by atoms with Crippen molar-refractivity contribution in [3.8, 4) is 0 Å². The van der Waals surface area contributed by atoms with Gasteiger partial charge in [0.2, 0.25) is 11.8 Å². The average molecular weight is 417 g/mol. The van der Waals surface area contributed by atoms with Gasteiger partial charge in [0, 0.05) is 57.4 Å². The lowest BCUT2D eigenvalue weighted by Gasteiger charge is -2.35. The smallest absolute Gasteiger partial charge is 0.236 e. The van der Waals surface area contributed by atoms with Crippen LogP contribution in [0.3, 0.4) is 0 Å². The Hall–Kier alpha value is -2.22. The summed E-state index contributed by atoms with van der Waals surface area (Å²) in [5.41, 5.74) is 0. The van der Waals surface area contributed by atoms with Gasteiger partial charge in [-0.3, -0.25) is 14.5 Å². The molecule has 8 heteroatoms. The molecule has 2 fully saturated rings. The first-order chi connectivity index (χ1) is 14.4. The highest BCUT2D eigenvalue weighted by atomic mass is 16.2. The third-order valence-corrected chi connectivity index (χ3v) is 6.48. The van der Waals surface area contributed by atoms with Crippen LogP contribution >= 0.6 is 0 Å². The number of hydrogen-bond donors (Lipinski definition) is 0. The van der Waals surface area contributed by atoms with E-state index in [1.165, 1.54) is 0 Å². The number of nitrogens with zero attached hydrogens (tertiary/aromatic N) is 6. The van der Waals surface area contributed by atoms with Gasteiger partial charge < -0.3 is 14.7 Å². The zero-order chi connectivity index (χ0) is 21.7. The summed E-state index contributed by atoms with van der Waals surface area (Å²) in [5, 5.41) is 8.25. The molecule has 1 aromatic heterocycles. The van der Waals surface area contributed by atoms with Crippen molar-refractivity contribution in [1.29, 1.82) is 0 Å². The Morgan fingerprint density at radius 2 is 1.90 bits per heavy atom. The van der Waals surface area contributed by atoms with Crippen molar-refractivity contribution >= 4 is 17.6 Å². The summed E-state index contributed by atoms with van der Waals surface area (Å²) in [4.78, 5) is 33.5. The molecule has 1 unspecified atom stereocenters. The van der Waals surface area contributed by atoms with Gasteiger partial charge in [-0.2, -0.15) is 5.10 Å². The highest BCUT2D eigenvalue weighted by Crippen LogP contribution is 2.24. The second kappa shape index (κ2) is 10.2. The van der Waals surface area contributed by atoms with Gasteiger partial charge in [-0.1, -0.05) is 0 Å². The molecule has 0 radical (unpaired) electrons. The quantitative estimate of drug-likeness (QED) is 0.670. The van der Waals surface area contributed by atoms with E-state index in [9.17, 15) is 9.59 Å². The molecule has 0 saturated carbocycles. The van der Waals surface area contributed by atoms with Crippen LogP contribution in [0.25, 0.3) is 0 Å². The molecule has 2 amide bonds. The van der Waals surface area contributed by atoms with Crippen molar-refractivity contribution in [2.45, 2.75) is 51.6 Å². The number of piperidine rings is 1. The average Bonchev–Trinajstić information content (AvgIpc) is 3.21. The normalized spacial score (nSPS) is 20.3. The molecule has 3 rings (SSSR count). The third kappa shape index (κ3) is 5.47. The van der Waals surface area contributed by atoms with Crippen LogP contribution in [0.15, 0.2) is 18.3 Å². The van der Waals surface area contributed by atoms with Crippen LogP contribution in [0.4, 0.5) is 5.82 Å². The van der Waals surface area contributed by atoms with Gasteiger partial charge in [0.1, 0.15) is 0 Å². The molecule has 0 bridgehead atoms. The molecule has 8 nitrogen and oxygen atoms in total. The second-order valence-electron chi connectivity index (χ2n) is 8.97. The molecule has 166 valence electrons. The number of anilines is 1. The van der Waals surface area contributed by atoms with E-state index < -0.39 is 0 Å². The van der Waals surface area contributed by atoms with Crippen molar-refractivity contribution < 1.29 is 9.59 Å². The summed E-state index contributed by atoms with van der Waals surface area (Å²) in [6.07, 6.45) is 5.45. The van der Waals surface area contributed by atoms with Crippen LogP contribution < -0.4 is 4.90 Å². The third-order valence-electron chi connectivity index (χ3n) is 6.48. The molecule has 1 atom stereocenters. The minimum absolute atomic E-state index is 0.0400. The van der Waals surface area contributed by atoms with Gasteiger partial charge in [0.15, 0.2) is 5.82 Å². The topological polar surface area (TPSA) is 72.9 Å². The molecule has 0 spiro atoms. The van der Waals surface area contributed by atoms with Gasteiger partial charge >= 0.3 is 0 Å². The maximum absolute atomic E-state index is 12.8. The van der Waals surface area contributed by atoms with Crippen LogP contribution in [0.2, 0.25) is 0 Å². The Balaban J connectivity index is 1.45. The van der Waals surface area contributed by atoms with E-state index in [-0.39, 0.29) is 23.8 Å². The Bertz CT molecular complexity index is 705. The molecular formula is C22H36N6O2. The first-order valence-corrected chi connectivity index (χ1v) is 11.1. The second-order valence-corrected chi connectivity index (χ2v) is 8.97. The Morgan fingerprint density at radius 3 is 2.53 bits per heavy atom. The van der Waals surface area contributed by atoms with E-state index >= 15 is 0 Å². The predicted molar refractivity (Wildman–Crippen MR) is 117 cm³/mol. The Morgan fingerprint density at radius 1 is 1.17 bits per heavy atom. The van der Waals surface area contributed by atoms with Gasteiger partial charge in [-0.15, -0.1) is 5.10 Å². The summed E-state index contributed by atoms with van der Waals surface area (Å²) < 4.78 is 0. The molecule has 3 heterocycles. The van der Waals surface area contributed by atoms with Crippen LogP contribution in [-0.4, -0.2) is 95.6 Å². The van der Waals surface area contributed by atoms with Crippen LogP contribution in [0.1, 0.15) is 39.5 Å². The van der Waals surface area contributed by atoms with Crippen molar-refractivity contribution in [1.82, 2.24) is 24.9 Å². The number of carbonyl (C=O) groups is 2. The van der Waals surface area contributed by atoms with E-state index in [4.69, 9.17) is 0 Å². The molecule has 2 aliphatic heterocycles. The molecule has 2 aliphatic rings. The van der Waals surface area contributed by atoms with Crippen LogP contribution in [0.5, 0.6) is 0 Å². The summed E-state index contributed by atoms with van der Waals surface area (Å²) in [6, 6.07) is 4.48. The maximum atomic E-state index is 12.8. The molecular weight excluding hydrogens is 380 g/mol. The molecule has 0 N–H and O–H groups in total. The van der Waals surface area contributed by atoms with Gasteiger partial charge in [-0.05, 0) is 58.7 Å². The minimum atomic E-state index is 0.0400. The molecule has 0 aliphatic carbocycles. The fraction of sp³-hybridized carbons (Fsp3) is 0.727. The molecule has 30 heavy (non-hydrogen) atoms. The first-order valence-electron chi connectivity index (χ1n) is 11.1. The monoisotopic (exact) mass is 416 g/mol. The summed E-state index contributed by atoms with van der Waals surface area (Å²) in [7, 11) is 3.88. The Labute approximate surface area is 180 Å². The minimum Gasteiger partial charge on any atom is -0.351 e. The molecule has 1 aromatic rings. The standard InChI is InChI=1S/C22H36N6O2/c1-17(2)26(4)22(30)18-9-13-27(14-10-18)21(29)16-25(3)15-19-7-6-12-28(19)20-8-5-11-23-24-20/h5,8,11,17-19H,6-7,9-10,12-16H2,1-4H3. The highest BCUT2D eigenvalue weighted by Gasteiger charge is 2.31. The SMILES string of the molecule is CC(C)N(C)C(=O)C1CCN(C(=O)CN(C)CC2CCCN2c2cccnn2)CC1. The van der Waals surface area contributed by atoms with Crippen molar-refractivity contribution in [2.75, 3.05) is 51.7 Å². The number of hydrogen-bond acceptors (Lipinski definition) is 6. The van der Waals surface area contributed by atoms with Crippen molar-refractivity contribution in [2.24, 2.45) is 5.92 Å². The maximum Gasteiger partial charge on any atom is 0.236 e. The van der Waals surface area contributed by atoms with Gasteiger partial charge in [0.25, 0.3) is 0 Å². The molecule has 2 saturated heterocycles. The number of likely N-dealkylation sites (tertiary alicyclic amines) is 1. The number of amides is 2. The van der Waals surface area contributed by atoms with Gasteiger partial charge in [-0.25, -0.2) is 0 Å². The zero-order valence-corrected chi connectivity index (χ0v) is 18.8. The van der Waals surface area contributed by atoms with E-state index in [1.807, 2.05) is 49.9 Å². The fourth-order valence-electron chi connectivity index (χ4n) is 4.45. The Kier molecular flexibility index (Phi) is 7.64. The number of likely N-dealkylation sites (N-methyl/N-ethyl adjacent to an activating group) is 1. The number of carbonyl (C=O) groups excluding carboxylic acids is 2. The van der Waals surface area contributed by atoms with Crippen LogP contribution in [0, 0.1) is 5.92 Å². The van der Waals surface area contributed by atoms with E-state index in [2.05, 4.69) is 20.0 Å². The predicted octanol–water partition coefficient (Wildman–Crippen LogP) is 1.48. The number of aromatic nitrogens is 2. The van der Waals surface area contributed by atoms with Crippen molar-refractivity contribution in [3.63, 3.8) is 0 Å².